The fourth-order valence-electron chi connectivity index (χ4n) is 4.55. The molecule has 4 rings (SSSR count). The summed E-state index contributed by atoms with van der Waals surface area (Å²) < 4.78 is 5.33. The molecular weight excluding hydrogens is 402 g/mol. The predicted molar refractivity (Wildman–Crippen MR) is 127 cm³/mol. The van der Waals surface area contributed by atoms with E-state index >= 15 is 0 Å². The van der Waals surface area contributed by atoms with Crippen LogP contribution >= 0.6 is 0 Å². The number of piperidine rings is 1. The van der Waals surface area contributed by atoms with E-state index in [1.54, 1.807) is 31.4 Å². The third kappa shape index (κ3) is 3.91. The second-order valence-corrected chi connectivity index (χ2v) is 8.82. The zero-order valence-corrected chi connectivity index (χ0v) is 19.5. The van der Waals surface area contributed by atoms with Gasteiger partial charge in [-0.1, -0.05) is 24.3 Å². The maximum atomic E-state index is 13.8. The van der Waals surface area contributed by atoms with E-state index in [4.69, 9.17) is 4.74 Å². The van der Waals surface area contributed by atoms with E-state index in [9.17, 15) is 9.59 Å². The van der Waals surface area contributed by atoms with Gasteiger partial charge in [0.15, 0.2) is 0 Å². The molecule has 6 heteroatoms. The van der Waals surface area contributed by atoms with Crippen molar-refractivity contribution in [2.75, 3.05) is 39.2 Å². The molecule has 2 heterocycles. The Bertz CT molecular complexity index is 1080. The molecule has 2 aliphatic rings. The molecule has 32 heavy (non-hydrogen) atoms. The summed E-state index contributed by atoms with van der Waals surface area (Å²) in [5, 5.41) is 0. The average molecular weight is 434 g/mol. The molecule has 1 fully saturated rings. The molecule has 0 aromatic heterocycles. The van der Waals surface area contributed by atoms with Crippen LogP contribution in [0.15, 0.2) is 48.2 Å². The highest BCUT2D eigenvalue weighted by Gasteiger charge is 2.43. The van der Waals surface area contributed by atoms with Crippen LogP contribution in [0.1, 0.15) is 29.5 Å². The molecule has 0 aliphatic carbocycles. The van der Waals surface area contributed by atoms with Crippen LogP contribution in [0.2, 0.25) is 0 Å². The summed E-state index contributed by atoms with van der Waals surface area (Å²) in [6.45, 7) is 6.02. The van der Waals surface area contributed by atoms with Crippen molar-refractivity contribution in [3.63, 3.8) is 0 Å². The normalized spacial score (nSPS) is 18.0. The van der Waals surface area contributed by atoms with Gasteiger partial charge in [-0.3, -0.25) is 9.59 Å². The van der Waals surface area contributed by atoms with Gasteiger partial charge in [0, 0.05) is 19.2 Å². The van der Waals surface area contributed by atoms with E-state index in [1.165, 1.54) is 4.90 Å². The molecule has 6 nitrogen and oxygen atoms in total. The van der Waals surface area contributed by atoms with Gasteiger partial charge in [0.2, 0.25) is 0 Å². The van der Waals surface area contributed by atoms with Gasteiger partial charge in [-0.15, -0.1) is 0 Å². The Morgan fingerprint density at radius 2 is 1.69 bits per heavy atom. The maximum absolute atomic E-state index is 13.8. The fraction of sp³-hybridized carbons (Fsp3) is 0.385. The van der Waals surface area contributed by atoms with Crippen LogP contribution in [-0.4, -0.2) is 62.0 Å². The number of likely N-dealkylation sites (tertiary alicyclic amines) is 1. The van der Waals surface area contributed by atoms with E-state index in [2.05, 4.69) is 11.9 Å². The highest BCUT2D eigenvalue weighted by molar-refractivity contribution is 6.45. The minimum atomic E-state index is -0.290. The third-order valence-electron chi connectivity index (χ3n) is 6.76. The number of nitrogens with zero attached hydrogens (tertiary/aromatic N) is 3. The first-order chi connectivity index (χ1) is 15.3. The summed E-state index contributed by atoms with van der Waals surface area (Å²) in [6.07, 6.45) is 1.91. The number of likely N-dealkylation sites (N-methyl/N-ethyl adjacent to an activating group) is 1. The lowest BCUT2D eigenvalue weighted by Crippen LogP contribution is -2.43. The number of carbonyl (C=O) groups excluding carboxylic acids is 2. The smallest absolute Gasteiger partial charge is 0.282 e. The van der Waals surface area contributed by atoms with Crippen molar-refractivity contribution in [2.45, 2.75) is 32.7 Å². The van der Waals surface area contributed by atoms with Gasteiger partial charge in [0.25, 0.3) is 11.8 Å². The van der Waals surface area contributed by atoms with Crippen LogP contribution in [0.3, 0.4) is 0 Å². The Hall–Kier alpha value is -3.12. The molecule has 0 atom stereocenters. The summed E-state index contributed by atoms with van der Waals surface area (Å²) >= 11 is 0. The molecule has 168 valence electrons. The Labute approximate surface area is 190 Å². The zero-order valence-electron chi connectivity index (χ0n) is 19.5. The Balaban J connectivity index is 1.81. The Morgan fingerprint density at radius 1 is 0.969 bits per heavy atom. The average Bonchev–Trinajstić information content (AvgIpc) is 3.05. The molecule has 0 unspecified atom stereocenters. The summed E-state index contributed by atoms with van der Waals surface area (Å²) in [6, 6.07) is 13.3. The van der Waals surface area contributed by atoms with Crippen molar-refractivity contribution in [1.82, 2.24) is 9.80 Å². The van der Waals surface area contributed by atoms with E-state index in [1.807, 2.05) is 44.0 Å². The second kappa shape index (κ2) is 8.79. The monoisotopic (exact) mass is 433 g/mol. The molecule has 0 saturated carbocycles. The van der Waals surface area contributed by atoms with Crippen molar-refractivity contribution in [1.29, 1.82) is 0 Å². The Morgan fingerprint density at radius 3 is 2.34 bits per heavy atom. The molecule has 0 radical (unpaired) electrons. The standard InChI is InChI=1S/C26H31N3O3/c1-17-9-10-19(15-18(17)2)23-24(28(4)20-11-13-27(3)14-12-20)26(31)29(25(23)30)21-7-6-8-22(16-21)32-5/h6-10,15-16,20H,11-14H2,1-5H3. The van der Waals surface area contributed by atoms with E-state index < -0.39 is 0 Å². The summed E-state index contributed by atoms with van der Waals surface area (Å²) in [7, 11) is 5.64. The van der Waals surface area contributed by atoms with Gasteiger partial charge in [0.05, 0.1) is 18.4 Å². The third-order valence-corrected chi connectivity index (χ3v) is 6.76. The van der Waals surface area contributed by atoms with Gasteiger partial charge in [-0.25, -0.2) is 4.90 Å². The fourth-order valence-corrected chi connectivity index (χ4v) is 4.55. The SMILES string of the molecule is COc1cccc(N2C(=O)C(c3ccc(C)c(C)c3)=C(N(C)C3CCN(C)CC3)C2=O)c1. The largest absolute Gasteiger partial charge is 0.497 e. The molecule has 1 saturated heterocycles. The van der Waals surface area contributed by atoms with Gasteiger partial charge >= 0.3 is 0 Å². The summed E-state index contributed by atoms with van der Waals surface area (Å²) in [4.78, 5) is 33.1. The minimum absolute atomic E-state index is 0.213. The minimum Gasteiger partial charge on any atom is -0.497 e. The van der Waals surface area contributed by atoms with Crippen LogP contribution in [0.5, 0.6) is 5.75 Å². The van der Waals surface area contributed by atoms with Crippen molar-refractivity contribution in [3.05, 3.63) is 64.9 Å². The molecule has 0 bridgehead atoms. The van der Waals surface area contributed by atoms with E-state index in [0.29, 0.717) is 22.7 Å². The van der Waals surface area contributed by atoms with Crippen LogP contribution in [-0.2, 0) is 9.59 Å². The van der Waals surface area contributed by atoms with Crippen molar-refractivity contribution >= 4 is 23.1 Å². The van der Waals surface area contributed by atoms with Crippen LogP contribution in [0, 0.1) is 13.8 Å². The number of rotatable bonds is 5. The molecule has 0 spiro atoms. The second-order valence-electron chi connectivity index (χ2n) is 8.82. The zero-order chi connectivity index (χ0) is 23.0. The number of methoxy groups -OCH3 is 1. The number of carbonyl (C=O) groups is 2. The van der Waals surface area contributed by atoms with Crippen LogP contribution in [0.4, 0.5) is 5.69 Å². The number of aryl methyl sites for hydroxylation is 2. The lowest BCUT2D eigenvalue weighted by Gasteiger charge is -2.36. The topological polar surface area (TPSA) is 53.1 Å². The molecule has 0 N–H and O–H groups in total. The highest BCUT2D eigenvalue weighted by Crippen LogP contribution is 2.37. The lowest BCUT2D eigenvalue weighted by atomic mass is 9.97. The number of anilines is 1. The molecular formula is C26H31N3O3. The number of imide groups is 1. The predicted octanol–water partition coefficient (Wildman–Crippen LogP) is 3.62. The Kier molecular flexibility index (Phi) is 6.07. The number of hydrogen-bond donors (Lipinski definition) is 0. The van der Waals surface area contributed by atoms with E-state index in [0.717, 1.165) is 42.6 Å². The highest BCUT2D eigenvalue weighted by atomic mass is 16.5. The number of hydrogen-bond acceptors (Lipinski definition) is 5. The van der Waals surface area contributed by atoms with Gasteiger partial charge in [0.1, 0.15) is 11.4 Å². The quantitative estimate of drug-likeness (QED) is 0.674. The van der Waals surface area contributed by atoms with E-state index in [-0.39, 0.29) is 17.9 Å². The van der Waals surface area contributed by atoms with Crippen molar-refractivity contribution in [2.24, 2.45) is 0 Å². The van der Waals surface area contributed by atoms with Crippen molar-refractivity contribution in [3.8, 4) is 5.75 Å². The van der Waals surface area contributed by atoms with Gasteiger partial charge in [-0.2, -0.15) is 0 Å². The summed E-state index contributed by atoms with van der Waals surface area (Å²) in [5.41, 5.74) is 4.51. The lowest BCUT2D eigenvalue weighted by molar-refractivity contribution is -0.120. The van der Waals surface area contributed by atoms with Crippen LogP contribution in [0.25, 0.3) is 5.57 Å². The molecule has 2 aromatic carbocycles. The number of benzene rings is 2. The summed E-state index contributed by atoms with van der Waals surface area (Å²) in [5.74, 6) is 0.0344. The molecule has 2 aliphatic heterocycles. The van der Waals surface area contributed by atoms with Crippen LogP contribution < -0.4 is 9.64 Å². The number of amides is 2. The van der Waals surface area contributed by atoms with Gasteiger partial charge < -0.3 is 14.5 Å². The first-order valence-electron chi connectivity index (χ1n) is 11.1. The molecule has 2 amide bonds. The first-order valence-corrected chi connectivity index (χ1v) is 11.1. The van der Waals surface area contributed by atoms with Gasteiger partial charge in [-0.05, 0) is 75.6 Å². The maximum Gasteiger partial charge on any atom is 0.282 e. The first kappa shape index (κ1) is 22.1. The molecule has 2 aromatic rings. The van der Waals surface area contributed by atoms with Crippen molar-refractivity contribution < 1.29 is 14.3 Å². The number of ether oxygens (including phenoxy) is 1.